The van der Waals surface area contributed by atoms with Crippen LogP contribution >= 0.6 is 0 Å². The summed E-state index contributed by atoms with van der Waals surface area (Å²) in [6.07, 6.45) is 1.97. The van der Waals surface area contributed by atoms with Crippen LogP contribution in [0.5, 0.6) is 5.75 Å². The molecule has 2 aromatic carbocycles. The molecule has 0 saturated carbocycles. The maximum Gasteiger partial charge on any atom is 0.282 e. The van der Waals surface area contributed by atoms with E-state index in [4.69, 9.17) is 10.00 Å². The van der Waals surface area contributed by atoms with Gasteiger partial charge < -0.3 is 9.64 Å². The molecule has 1 saturated heterocycles. The van der Waals surface area contributed by atoms with Crippen LogP contribution in [-0.2, 0) is 9.59 Å². The lowest BCUT2D eigenvalue weighted by molar-refractivity contribution is -0.120. The molecule has 6 heteroatoms. The third kappa shape index (κ3) is 2.81. The van der Waals surface area contributed by atoms with Crippen molar-refractivity contribution in [3.8, 4) is 11.8 Å². The van der Waals surface area contributed by atoms with Crippen molar-refractivity contribution in [1.29, 1.82) is 5.26 Å². The molecular weight excluding hydrogens is 354 g/mol. The minimum Gasteiger partial charge on any atom is -0.496 e. The molecule has 2 aliphatic heterocycles. The molecule has 0 bridgehead atoms. The lowest BCUT2D eigenvalue weighted by Gasteiger charge is -2.20. The molecule has 0 N–H and O–H groups in total. The van der Waals surface area contributed by atoms with Gasteiger partial charge in [0.05, 0.1) is 30.0 Å². The number of nitrogens with zero attached hydrogens (tertiary/aromatic N) is 3. The van der Waals surface area contributed by atoms with Crippen molar-refractivity contribution in [2.24, 2.45) is 0 Å². The molecule has 0 atom stereocenters. The Morgan fingerprint density at radius 2 is 1.64 bits per heavy atom. The number of para-hydroxylation sites is 1. The van der Waals surface area contributed by atoms with Crippen molar-refractivity contribution in [1.82, 2.24) is 4.90 Å². The summed E-state index contributed by atoms with van der Waals surface area (Å²) in [5.74, 6) is -0.157. The topological polar surface area (TPSA) is 73.6 Å². The maximum absolute atomic E-state index is 13.4. The van der Waals surface area contributed by atoms with Crippen LogP contribution in [-0.4, -0.2) is 36.9 Å². The molecule has 2 aromatic rings. The van der Waals surface area contributed by atoms with Crippen LogP contribution < -0.4 is 9.64 Å². The number of amides is 2. The van der Waals surface area contributed by atoms with Crippen molar-refractivity contribution in [2.45, 2.75) is 12.8 Å². The van der Waals surface area contributed by atoms with E-state index >= 15 is 0 Å². The zero-order chi connectivity index (χ0) is 19.7. The van der Waals surface area contributed by atoms with Gasteiger partial charge in [-0.25, -0.2) is 4.90 Å². The van der Waals surface area contributed by atoms with Gasteiger partial charge >= 0.3 is 0 Å². The van der Waals surface area contributed by atoms with Crippen LogP contribution in [0.2, 0.25) is 0 Å². The van der Waals surface area contributed by atoms with E-state index in [0.717, 1.165) is 25.9 Å². The number of hydrogen-bond donors (Lipinski definition) is 0. The summed E-state index contributed by atoms with van der Waals surface area (Å²) in [6.45, 7) is 1.49. The Morgan fingerprint density at radius 3 is 2.29 bits per heavy atom. The van der Waals surface area contributed by atoms with Crippen LogP contribution in [0.25, 0.3) is 5.57 Å². The molecule has 0 aliphatic carbocycles. The fraction of sp³-hybridized carbons (Fsp3) is 0.227. The molecule has 2 heterocycles. The quantitative estimate of drug-likeness (QED) is 0.771. The number of benzene rings is 2. The summed E-state index contributed by atoms with van der Waals surface area (Å²) in [5.41, 5.74) is 2.34. The SMILES string of the molecule is COc1ccccc1C1=C(N2CCCC2)C(=O)N(c2ccc(C#N)cc2)C1=O. The molecular formula is C22H19N3O3. The second-order valence-electron chi connectivity index (χ2n) is 6.72. The van der Waals surface area contributed by atoms with Crippen molar-refractivity contribution in [2.75, 3.05) is 25.1 Å². The second kappa shape index (κ2) is 7.20. The third-order valence-electron chi connectivity index (χ3n) is 5.11. The molecule has 1 fully saturated rings. The zero-order valence-corrected chi connectivity index (χ0v) is 15.5. The van der Waals surface area contributed by atoms with E-state index in [1.165, 1.54) is 4.90 Å². The smallest absolute Gasteiger partial charge is 0.282 e. The van der Waals surface area contributed by atoms with Crippen molar-refractivity contribution in [3.05, 3.63) is 65.4 Å². The molecule has 2 aliphatic rings. The average Bonchev–Trinajstić information content (AvgIpc) is 3.34. The lowest BCUT2D eigenvalue weighted by atomic mass is 10.0. The summed E-state index contributed by atoms with van der Waals surface area (Å²) in [7, 11) is 1.55. The number of methoxy groups -OCH3 is 1. The fourth-order valence-corrected chi connectivity index (χ4v) is 3.77. The van der Waals surface area contributed by atoms with Crippen LogP contribution in [0.15, 0.2) is 54.2 Å². The molecule has 0 unspecified atom stereocenters. The summed E-state index contributed by atoms with van der Waals surface area (Å²) in [4.78, 5) is 29.9. The van der Waals surface area contributed by atoms with Crippen molar-refractivity contribution >= 4 is 23.1 Å². The molecule has 4 rings (SSSR count). The molecule has 140 valence electrons. The highest BCUT2D eigenvalue weighted by Crippen LogP contribution is 2.39. The highest BCUT2D eigenvalue weighted by atomic mass is 16.5. The first-order valence-corrected chi connectivity index (χ1v) is 9.17. The minimum absolute atomic E-state index is 0.336. The van der Waals surface area contributed by atoms with Gasteiger partial charge in [-0.3, -0.25) is 9.59 Å². The van der Waals surface area contributed by atoms with E-state index in [2.05, 4.69) is 0 Å². The van der Waals surface area contributed by atoms with Crippen LogP contribution in [0.4, 0.5) is 5.69 Å². The fourth-order valence-electron chi connectivity index (χ4n) is 3.77. The second-order valence-corrected chi connectivity index (χ2v) is 6.72. The Balaban J connectivity index is 1.85. The van der Waals surface area contributed by atoms with Gasteiger partial charge in [0.25, 0.3) is 11.8 Å². The monoisotopic (exact) mass is 373 g/mol. The number of likely N-dealkylation sites (tertiary alicyclic amines) is 1. The standard InChI is InChI=1S/C22H19N3O3/c1-28-18-7-3-2-6-17(18)19-20(24-12-4-5-13-24)22(27)25(21(19)26)16-10-8-15(14-23)9-11-16/h2-3,6-11H,4-5,12-13H2,1H3. The lowest BCUT2D eigenvalue weighted by Crippen LogP contribution is -2.34. The Morgan fingerprint density at radius 1 is 0.964 bits per heavy atom. The molecule has 28 heavy (non-hydrogen) atoms. The van der Waals surface area contributed by atoms with Gasteiger partial charge in [0, 0.05) is 18.7 Å². The number of ether oxygens (including phenoxy) is 1. The van der Waals surface area contributed by atoms with Gasteiger partial charge in [-0.1, -0.05) is 18.2 Å². The van der Waals surface area contributed by atoms with E-state index < -0.39 is 0 Å². The normalized spacial score (nSPS) is 16.7. The minimum atomic E-state index is -0.374. The first-order valence-electron chi connectivity index (χ1n) is 9.17. The first-order chi connectivity index (χ1) is 13.7. The van der Waals surface area contributed by atoms with Crippen molar-refractivity contribution < 1.29 is 14.3 Å². The van der Waals surface area contributed by atoms with Gasteiger partial charge in [-0.05, 0) is 43.2 Å². The van der Waals surface area contributed by atoms with Gasteiger partial charge in [-0.2, -0.15) is 5.26 Å². The predicted molar refractivity (Wildman–Crippen MR) is 104 cm³/mol. The third-order valence-corrected chi connectivity index (χ3v) is 5.11. The number of carbonyl (C=O) groups is 2. The zero-order valence-electron chi connectivity index (χ0n) is 15.5. The summed E-state index contributed by atoms with van der Waals surface area (Å²) < 4.78 is 5.45. The van der Waals surface area contributed by atoms with Gasteiger partial charge in [-0.15, -0.1) is 0 Å². The Labute approximate surface area is 163 Å². The van der Waals surface area contributed by atoms with Crippen LogP contribution in [0, 0.1) is 11.3 Å². The van der Waals surface area contributed by atoms with E-state index in [9.17, 15) is 9.59 Å². The van der Waals surface area contributed by atoms with Gasteiger partial charge in [0.2, 0.25) is 0 Å². The number of carbonyl (C=O) groups excluding carboxylic acids is 2. The largest absolute Gasteiger partial charge is 0.496 e. The Bertz CT molecular complexity index is 1010. The molecule has 6 nitrogen and oxygen atoms in total. The van der Waals surface area contributed by atoms with Crippen LogP contribution in [0.3, 0.4) is 0 Å². The number of anilines is 1. The Hall–Kier alpha value is -3.59. The first kappa shape index (κ1) is 17.8. The molecule has 2 amide bonds. The van der Waals surface area contributed by atoms with E-state index in [0.29, 0.717) is 33.8 Å². The average molecular weight is 373 g/mol. The number of imide groups is 1. The molecule has 0 radical (unpaired) electrons. The van der Waals surface area contributed by atoms with E-state index in [1.54, 1.807) is 43.5 Å². The Kier molecular flexibility index (Phi) is 4.58. The summed E-state index contributed by atoms with van der Waals surface area (Å²) in [5, 5.41) is 9.01. The van der Waals surface area contributed by atoms with Crippen molar-refractivity contribution in [3.63, 3.8) is 0 Å². The maximum atomic E-state index is 13.4. The van der Waals surface area contributed by atoms with E-state index in [1.807, 2.05) is 23.1 Å². The highest BCUT2D eigenvalue weighted by molar-refractivity contribution is 6.45. The van der Waals surface area contributed by atoms with Gasteiger partial charge in [0.1, 0.15) is 11.4 Å². The molecule has 0 aromatic heterocycles. The van der Waals surface area contributed by atoms with Gasteiger partial charge in [0.15, 0.2) is 0 Å². The number of rotatable bonds is 4. The summed E-state index contributed by atoms with van der Waals surface area (Å²) in [6, 6.07) is 15.8. The number of nitriles is 1. The number of hydrogen-bond acceptors (Lipinski definition) is 5. The molecule has 0 spiro atoms. The van der Waals surface area contributed by atoms with Crippen LogP contribution in [0.1, 0.15) is 24.0 Å². The highest BCUT2D eigenvalue weighted by Gasteiger charge is 2.43. The van der Waals surface area contributed by atoms with E-state index in [-0.39, 0.29) is 11.8 Å². The predicted octanol–water partition coefficient (Wildman–Crippen LogP) is 2.95. The summed E-state index contributed by atoms with van der Waals surface area (Å²) >= 11 is 0.